The number of hydrogen-bond acceptors (Lipinski definition) is 5. The Morgan fingerprint density at radius 2 is 0.566 bits per heavy atom. The summed E-state index contributed by atoms with van der Waals surface area (Å²) < 4.78 is 10.8. The summed E-state index contributed by atoms with van der Waals surface area (Å²) in [5.74, 6) is -0.577. The van der Waals surface area contributed by atoms with Crippen LogP contribution in [-0.2, 0) is 19.1 Å². The van der Waals surface area contributed by atoms with Crippen molar-refractivity contribution >= 4 is 11.9 Å². The van der Waals surface area contributed by atoms with Gasteiger partial charge >= 0.3 is 11.9 Å². The van der Waals surface area contributed by atoms with E-state index in [4.69, 9.17) is 9.47 Å². The number of aliphatic hydroxyl groups excluding tert-OH is 1. The smallest absolute Gasteiger partial charge is 0.306 e. The first-order chi connectivity index (χ1) is 37.6. The zero-order chi connectivity index (χ0) is 54.8. The van der Waals surface area contributed by atoms with Gasteiger partial charge in [-0.2, -0.15) is 0 Å². The Bertz CT molecular complexity index is 1380. The lowest BCUT2D eigenvalue weighted by Crippen LogP contribution is -2.28. The molecule has 0 amide bonds. The van der Waals surface area contributed by atoms with Gasteiger partial charge in [0.05, 0.1) is 6.61 Å². The Morgan fingerprint density at radius 3 is 0.868 bits per heavy atom. The minimum absolute atomic E-state index is 0.0642. The topological polar surface area (TPSA) is 72.8 Å². The standard InChI is InChI=1S/C71H126O5/c1-3-5-7-9-11-13-15-17-19-21-23-25-27-29-31-32-33-34-35-36-37-38-40-42-44-46-48-50-52-54-56-58-60-62-64-66-71(74)76-69(67-72)68-75-70(73)65-63-61-59-57-55-53-51-49-47-45-43-41-39-30-28-26-24-22-20-18-16-14-12-10-8-6-4-2/h5,7,11,13,17,19,22-25,29,31,33-34,69,72H,3-4,6,8-10,12,14-16,18,20-21,26-28,30,32,35-68H2,1-2H3/b7-5-,13-11-,19-17-,24-22-,25-23-,31-29-,34-33-. The van der Waals surface area contributed by atoms with E-state index in [2.05, 4.69) is 98.9 Å². The van der Waals surface area contributed by atoms with Crippen LogP contribution in [0.2, 0.25) is 0 Å². The minimum atomic E-state index is -0.775. The molecule has 5 heteroatoms. The Kier molecular flexibility index (Phi) is 63.8. The van der Waals surface area contributed by atoms with Gasteiger partial charge in [0, 0.05) is 12.8 Å². The third-order valence-electron chi connectivity index (χ3n) is 14.7. The molecule has 0 radical (unpaired) electrons. The lowest BCUT2D eigenvalue weighted by molar-refractivity contribution is -0.161. The van der Waals surface area contributed by atoms with Crippen LogP contribution in [0.3, 0.4) is 0 Å². The lowest BCUT2D eigenvalue weighted by atomic mass is 10.0. The number of unbranched alkanes of at least 4 members (excludes halogenated alkanes) is 39. The first-order valence-corrected chi connectivity index (χ1v) is 33.1. The maximum absolute atomic E-state index is 12.4. The second-order valence-electron chi connectivity index (χ2n) is 22.2. The van der Waals surface area contributed by atoms with Crippen molar-refractivity contribution < 1.29 is 24.2 Å². The van der Waals surface area contributed by atoms with Crippen LogP contribution in [0.25, 0.3) is 0 Å². The molecule has 0 aromatic heterocycles. The Hall–Kier alpha value is -2.92. The highest BCUT2D eigenvalue weighted by Gasteiger charge is 2.16. The molecule has 0 aliphatic rings. The molecule has 0 saturated carbocycles. The number of rotatable bonds is 61. The van der Waals surface area contributed by atoms with Crippen LogP contribution in [-0.4, -0.2) is 36.4 Å². The van der Waals surface area contributed by atoms with E-state index >= 15 is 0 Å². The van der Waals surface area contributed by atoms with Crippen LogP contribution in [0.4, 0.5) is 0 Å². The zero-order valence-corrected chi connectivity index (χ0v) is 50.5. The quantitative estimate of drug-likeness (QED) is 0.0373. The molecule has 0 fully saturated rings. The number of hydrogen-bond donors (Lipinski definition) is 1. The molecule has 440 valence electrons. The molecule has 76 heavy (non-hydrogen) atoms. The summed E-state index contributed by atoms with van der Waals surface area (Å²) in [6.45, 7) is 4.07. The molecular weight excluding hydrogens is 933 g/mol. The van der Waals surface area contributed by atoms with Gasteiger partial charge in [0.25, 0.3) is 0 Å². The van der Waals surface area contributed by atoms with Crippen LogP contribution < -0.4 is 0 Å². The van der Waals surface area contributed by atoms with E-state index < -0.39 is 6.10 Å². The SMILES string of the molecule is CC/C=C\C/C=C\C/C=C\C/C=C\C/C=C\C/C=C\CCCCCCCCCCCCCCCCCCC(=O)OC(CO)COC(=O)CCCCCCCCCCCCCCCCC/C=C\CCCCCCCCCC. The van der Waals surface area contributed by atoms with Crippen molar-refractivity contribution in [1.29, 1.82) is 0 Å². The normalized spacial score (nSPS) is 12.7. The van der Waals surface area contributed by atoms with Gasteiger partial charge in [-0.1, -0.05) is 317 Å². The Morgan fingerprint density at radius 1 is 0.316 bits per heavy atom. The first-order valence-electron chi connectivity index (χ1n) is 33.1. The van der Waals surface area contributed by atoms with E-state index in [1.807, 2.05) is 0 Å². The van der Waals surface area contributed by atoms with Gasteiger partial charge in [0.1, 0.15) is 6.61 Å². The van der Waals surface area contributed by atoms with Gasteiger partial charge in [-0.25, -0.2) is 0 Å². The number of carbonyl (C=O) groups is 2. The first kappa shape index (κ1) is 73.1. The van der Waals surface area contributed by atoms with Crippen LogP contribution >= 0.6 is 0 Å². The van der Waals surface area contributed by atoms with E-state index in [9.17, 15) is 14.7 Å². The van der Waals surface area contributed by atoms with Crippen LogP contribution in [0.5, 0.6) is 0 Å². The number of carbonyl (C=O) groups excluding carboxylic acids is 2. The second kappa shape index (κ2) is 66.4. The summed E-state index contributed by atoms with van der Waals surface area (Å²) in [5, 5.41) is 9.69. The van der Waals surface area contributed by atoms with Crippen LogP contribution in [0.1, 0.15) is 335 Å². The molecule has 0 bridgehead atoms. The van der Waals surface area contributed by atoms with Gasteiger partial charge in [0.2, 0.25) is 0 Å². The largest absolute Gasteiger partial charge is 0.462 e. The molecule has 1 unspecified atom stereocenters. The van der Waals surface area contributed by atoms with Crippen molar-refractivity contribution in [2.45, 2.75) is 341 Å². The minimum Gasteiger partial charge on any atom is -0.462 e. The summed E-state index contributed by atoms with van der Waals surface area (Å²) in [7, 11) is 0. The van der Waals surface area contributed by atoms with Gasteiger partial charge in [-0.3, -0.25) is 9.59 Å². The van der Waals surface area contributed by atoms with E-state index in [1.54, 1.807) is 0 Å². The molecule has 1 atom stereocenters. The highest BCUT2D eigenvalue weighted by Crippen LogP contribution is 2.18. The fourth-order valence-electron chi connectivity index (χ4n) is 9.73. The fraction of sp³-hybridized carbons (Fsp3) is 0.775. The monoisotopic (exact) mass is 1060 g/mol. The molecular formula is C71H126O5. The van der Waals surface area contributed by atoms with Crippen LogP contribution in [0, 0.1) is 0 Å². The van der Waals surface area contributed by atoms with Crippen molar-refractivity contribution in [3.8, 4) is 0 Å². The second-order valence-corrected chi connectivity index (χ2v) is 22.2. The molecule has 1 N–H and O–H groups in total. The predicted molar refractivity (Wildman–Crippen MR) is 334 cm³/mol. The maximum Gasteiger partial charge on any atom is 0.306 e. The Labute approximate surface area is 473 Å². The average Bonchev–Trinajstić information content (AvgIpc) is 3.42. The summed E-state index contributed by atoms with van der Waals surface area (Å²) in [4.78, 5) is 24.6. The molecule has 0 heterocycles. The van der Waals surface area contributed by atoms with Crippen molar-refractivity contribution in [2.75, 3.05) is 13.2 Å². The fourth-order valence-corrected chi connectivity index (χ4v) is 9.73. The van der Waals surface area contributed by atoms with Gasteiger partial charge in [-0.05, 0) is 89.9 Å². The third-order valence-corrected chi connectivity index (χ3v) is 14.7. The highest BCUT2D eigenvalue weighted by molar-refractivity contribution is 5.70. The molecule has 0 aliphatic carbocycles. The highest BCUT2D eigenvalue weighted by atomic mass is 16.6. The molecule has 0 spiro atoms. The number of allylic oxidation sites excluding steroid dienone is 14. The lowest BCUT2D eigenvalue weighted by Gasteiger charge is -2.15. The summed E-state index contributed by atoms with van der Waals surface area (Å²) in [5.41, 5.74) is 0. The number of esters is 2. The number of ether oxygens (including phenoxy) is 2. The molecule has 0 saturated heterocycles. The Balaban J connectivity index is 3.45. The summed E-state index contributed by atoms with van der Waals surface area (Å²) >= 11 is 0. The van der Waals surface area contributed by atoms with Crippen molar-refractivity contribution in [1.82, 2.24) is 0 Å². The predicted octanol–water partition coefficient (Wildman–Crippen LogP) is 22.9. The molecule has 0 rings (SSSR count). The van der Waals surface area contributed by atoms with Crippen molar-refractivity contribution in [3.63, 3.8) is 0 Å². The van der Waals surface area contributed by atoms with E-state index in [0.29, 0.717) is 12.8 Å². The van der Waals surface area contributed by atoms with Crippen LogP contribution in [0.15, 0.2) is 85.1 Å². The van der Waals surface area contributed by atoms with Gasteiger partial charge < -0.3 is 14.6 Å². The molecule has 0 aromatic carbocycles. The van der Waals surface area contributed by atoms with Crippen molar-refractivity contribution in [3.05, 3.63) is 85.1 Å². The maximum atomic E-state index is 12.4. The number of aliphatic hydroxyl groups is 1. The van der Waals surface area contributed by atoms with Gasteiger partial charge in [-0.15, -0.1) is 0 Å². The van der Waals surface area contributed by atoms with E-state index in [0.717, 1.165) is 77.0 Å². The van der Waals surface area contributed by atoms with E-state index in [1.165, 1.54) is 231 Å². The zero-order valence-electron chi connectivity index (χ0n) is 50.5. The van der Waals surface area contributed by atoms with Gasteiger partial charge in [0.15, 0.2) is 6.10 Å². The third kappa shape index (κ3) is 63.6. The van der Waals surface area contributed by atoms with Crippen molar-refractivity contribution in [2.24, 2.45) is 0 Å². The molecule has 5 nitrogen and oxygen atoms in total. The summed E-state index contributed by atoms with van der Waals surface area (Å²) in [6, 6.07) is 0. The summed E-state index contributed by atoms with van der Waals surface area (Å²) in [6.07, 6.45) is 93.1. The average molecular weight is 1060 g/mol. The molecule has 0 aromatic rings. The molecule has 0 aliphatic heterocycles. The van der Waals surface area contributed by atoms with E-state index in [-0.39, 0.29) is 25.2 Å².